The SMILES string of the molecule is Cn1ncnc1[C@H]1c2n[nH]c(=O)c3cc(F)cc(c23)N(CNC(=O)OCCSSC(=O)C(C)(C)C)[C@@H]1c1ccc(F)cc1. The standard InChI is InChI=1S/C28H29F2N7O4S2/c1-28(2,3)26(39)43-42-10-9-41-27(40)32-14-37-19-12-17(30)11-18-20(19)22(34-35-25(18)38)21(24-31-13-33-36(24)4)23(37)15-5-7-16(29)8-6-15/h5-8,11-13,21,23H,9-10,14H2,1-4H3,(H,32,40)(H,35,38)/t21-,23+/m0/s1. The number of aryl methyl sites for hydroxylation is 1. The number of amides is 1. The Morgan fingerprint density at radius 3 is 2.56 bits per heavy atom. The van der Waals surface area contributed by atoms with Crippen LogP contribution in [0.2, 0.25) is 0 Å². The van der Waals surface area contributed by atoms with Gasteiger partial charge in [-0.25, -0.2) is 23.7 Å². The van der Waals surface area contributed by atoms with Gasteiger partial charge < -0.3 is 15.0 Å². The molecule has 3 heterocycles. The van der Waals surface area contributed by atoms with Gasteiger partial charge in [0.25, 0.3) is 5.56 Å². The molecule has 0 saturated carbocycles. The van der Waals surface area contributed by atoms with Crippen LogP contribution in [0.5, 0.6) is 0 Å². The number of anilines is 1. The molecule has 2 aromatic carbocycles. The van der Waals surface area contributed by atoms with Gasteiger partial charge in [-0.2, -0.15) is 10.2 Å². The summed E-state index contributed by atoms with van der Waals surface area (Å²) in [5.41, 5.74) is 0.300. The number of H-pyrrole nitrogens is 1. The van der Waals surface area contributed by atoms with Crippen LogP contribution in [0.3, 0.4) is 0 Å². The molecule has 2 atom stereocenters. The summed E-state index contributed by atoms with van der Waals surface area (Å²) >= 11 is 0. The molecule has 5 rings (SSSR count). The van der Waals surface area contributed by atoms with Crippen LogP contribution in [0.1, 0.15) is 49.8 Å². The zero-order chi connectivity index (χ0) is 30.9. The lowest BCUT2D eigenvalue weighted by molar-refractivity contribution is -0.117. The monoisotopic (exact) mass is 629 g/mol. The Morgan fingerprint density at radius 1 is 1.14 bits per heavy atom. The molecule has 0 unspecified atom stereocenters. The van der Waals surface area contributed by atoms with Gasteiger partial charge in [0.15, 0.2) is 0 Å². The summed E-state index contributed by atoms with van der Waals surface area (Å²) in [4.78, 5) is 43.8. The molecule has 0 spiro atoms. The Kier molecular flexibility index (Phi) is 8.74. The summed E-state index contributed by atoms with van der Waals surface area (Å²) in [7, 11) is 4.11. The first-order chi connectivity index (χ1) is 20.5. The van der Waals surface area contributed by atoms with E-state index in [1.54, 1.807) is 28.8 Å². The van der Waals surface area contributed by atoms with E-state index >= 15 is 0 Å². The zero-order valence-corrected chi connectivity index (χ0v) is 25.4. The number of nitrogens with zero attached hydrogens (tertiary/aromatic N) is 5. The number of hydrogen-bond acceptors (Lipinski definition) is 10. The average molecular weight is 630 g/mol. The van der Waals surface area contributed by atoms with E-state index in [0.717, 1.165) is 16.9 Å². The number of carbonyl (C=O) groups excluding carboxylic acids is 2. The van der Waals surface area contributed by atoms with E-state index in [0.29, 0.717) is 33.9 Å². The molecule has 1 aliphatic heterocycles. The first-order valence-electron chi connectivity index (χ1n) is 13.3. The lowest BCUT2D eigenvalue weighted by Gasteiger charge is -2.42. The molecule has 0 aliphatic carbocycles. The normalized spacial score (nSPS) is 16.4. The van der Waals surface area contributed by atoms with Crippen LogP contribution in [0, 0.1) is 17.0 Å². The van der Waals surface area contributed by atoms with Crippen molar-refractivity contribution in [2.24, 2.45) is 12.5 Å². The number of alkyl carbamates (subject to hydrolysis) is 1. The first kappa shape index (κ1) is 30.5. The molecule has 0 fully saturated rings. The quantitative estimate of drug-likeness (QED) is 0.209. The molecule has 0 bridgehead atoms. The lowest BCUT2D eigenvalue weighted by Crippen LogP contribution is -2.45. The lowest BCUT2D eigenvalue weighted by atomic mass is 9.82. The third kappa shape index (κ3) is 6.37. The topological polar surface area (TPSA) is 135 Å². The van der Waals surface area contributed by atoms with Gasteiger partial charge in [-0.3, -0.25) is 14.3 Å². The van der Waals surface area contributed by atoms with E-state index in [-0.39, 0.29) is 23.8 Å². The highest BCUT2D eigenvalue weighted by atomic mass is 33.1. The Labute approximate surface area is 253 Å². The van der Waals surface area contributed by atoms with E-state index in [9.17, 15) is 23.2 Å². The summed E-state index contributed by atoms with van der Waals surface area (Å²) in [5, 5.41) is 14.3. The van der Waals surface area contributed by atoms with Crippen LogP contribution < -0.4 is 15.8 Å². The predicted octanol–water partition coefficient (Wildman–Crippen LogP) is 4.66. The van der Waals surface area contributed by atoms with Crippen molar-refractivity contribution >= 4 is 49.3 Å². The molecular formula is C28H29F2N7O4S2. The molecule has 226 valence electrons. The number of aromatic amines is 1. The van der Waals surface area contributed by atoms with Crippen LogP contribution in [0.4, 0.5) is 19.3 Å². The van der Waals surface area contributed by atoms with Crippen molar-refractivity contribution in [3.63, 3.8) is 0 Å². The van der Waals surface area contributed by atoms with Gasteiger partial charge in [-0.1, -0.05) is 43.7 Å². The number of aromatic nitrogens is 5. The fourth-order valence-electron chi connectivity index (χ4n) is 4.85. The van der Waals surface area contributed by atoms with Crippen molar-refractivity contribution in [2.75, 3.05) is 23.9 Å². The van der Waals surface area contributed by atoms with E-state index in [1.165, 1.54) is 35.3 Å². The van der Waals surface area contributed by atoms with Crippen LogP contribution in [-0.4, -0.2) is 55.2 Å². The maximum atomic E-state index is 15.0. The molecule has 1 aliphatic rings. The molecule has 1 amide bonds. The Morgan fingerprint density at radius 2 is 1.88 bits per heavy atom. The molecule has 0 saturated heterocycles. The number of benzene rings is 2. The third-order valence-corrected chi connectivity index (χ3v) is 9.42. The molecule has 11 nitrogen and oxygen atoms in total. The molecular weight excluding hydrogens is 600 g/mol. The number of rotatable bonds is 8. The molecule has 4 aromatic rings. The van der Waals surface area contributed by atoms with Crippen LogP contribution in [-0.2, 0) is 16.6 Å². The Balaban J connectivity index is 1.48. The maximum absolute atomic E-state index is 15.0. The van der Waals surface area contributed by atoms with Gasteiger partial charge in [0.1, 0.15) is 30.4 Å². The average Bonchev–Trinajstić information content (AvgIpc) is 3.38. The molecule has 0 radical (unpaired) electrons. The van der Waals surface area contributed by atoms with Crippen LogP contribution in [0.15, 0.2) is 47.5 Å². The second-order valence-corrected chi connectivity index (χ2v) is 13.3. The number of carbonyl (C=O) groups is 2. The van der Waals surface area contributed by atoms with E-state index in [2.05, 4.69) is 25.6 Å². The largest absolute Gasteiger partial charge is 0.449 e. The van der Waals surface area contributed by atoms with Crippen LogP contribution in [0.25, 0.3) is 10.8 Å². The van der Waals surface area contributed by atoms with Crippen molar-refractivity contribution in [2.45, 2.75) is 32.7 Å². The van der Waals surface area contributed by atoms with Crippen molar-refractivity contribution in [3.05, 3.63) is 81.8 Å². The van der Waals surface area contributed by atoms with Gasteiger partial charge in [0.2, 0.25) is 5.12 Å². The molecule has 2 aromatic heterocycles. The smallest absolute Gasteiger partial charge is 0.408 e. The highest BCUT2D eigenvalue weighted by Crippen LogP contribution is 2.49. The fourth-order valence-corrected chi connectivity index (χ4v) is 6.97. The minimum absolute atomic E-state index is 0.0198. The summed E-state index contributed by atoms with van der Waals surface area (Å²) in [5.74, 6) is -0.896. The van der Waals surface area contributed by atoms with Crippen molar-refractivity contribution in [3.8, 4) is 0 Å². The minimum atomic E-state index is -0.733. The number of ether oxygens (including phenoxy) is 1. The van der Waals surface area contributed by atoms with Crippen molar-refractivity contribution in [1.29, 1.82) is 0 Å². The van der Waals surface area contributed by atoms with Gasteiger partial charge in [-0.05, 0) is 40.6 Å². The third-order valence-electron chi connectivity index (χ3n) is 6.89. The van der Waals surface area contributed by atoms with E-state index in [1.807, 2.05) is 20.8 Å². The highest BCUT2D eigenvalue weighted by Gasteiger charge is 2.42. The molecule has 43 heavy (non-hydrogen) atoms. The summed E-state index contributed by atoms with van der Waals surface area (Å²) < 4.78 is 35.8. The predicted molar refractivity (Wildman–Crippen MR) is 161 cm³/mol. The summed E-state index contributed by atoms with van der Waals surface area (Å²) in [6.45, 7) is 5.39. The Bertz CT molecular complexity index is 1720. The van der Waals surface area contributed by atoms with Gasteiger partial charge in [-0.15, -0.1) is 0 Å². The number of hydrogen-bond donors (Lipinski definition) is 2. The van der Waals surface area contributed by atoms with Gasteiger partial charge >= 0.3 is 6.09 Å². The Hall–Kier alpha value is -3.98. The van der Waals surface area contributed by atoms with Gasteiger partial charge in [0, 0.05) is 23.6 Å². The second kappa shape index (κ2) is 12.3. The summed E-state index contributed by atoms with van der Waals surface area (Å²) in [6, 6.07) is 7.51. The van der Waals surface area contributed by atoms with E-state index in [4.69, 9.17) is 4.74 Å². The molecule has 15 heteroatoms. The first-order valence-corrected chi connectivity index (χ1v) is 15.6. The van der Waals surface area contributed by atoms with E-state index < -0.39 is 40.7 Å². The van der Waals surface area contributed by atoms with Gasteiger partial charge in [0.05, 0.1) is 35.4 Å². The van der Waals surface area contributed by atoms with Crippen molar-refractivity contribution in [1.82, 2.24) is 30.3 Å². The maximum Gasteiger partial charge on any atom is 0.408 e. The highest BCUT2D eigenvalue weighted by molar-refractivity contribution is 8.82. The summed E-state index contributed by atoms with van der Waals surface area (Å²) in [6.07, 6.45) is 0.647. The minimum Gasteiger partial charge on any atom is -0.449 e. The number of nitrogens with one attached hydrogen (secondary N) is 2. The fraction of sp³-hybridized carbons (Fsp3) is 0.357. The second-order valence-electron chi connectivity index (χ2n) is 10.9. The van der Waals surface area contributed by atoms with Crippen molar-refractivity contribution < 1.29 is 23.1 Å². The van der Waals surface area contributed by atoms with Crippen LogP contribution >= 0.6 is 21.6 Å². The number of halogens is 2. The zero-order valence-electron chi connectivity index (χ0n) is 23.8. The molecule has 2 N–H and O–H groups in total.